The molecule has 88 valence electrons. The van der Waals surface area contributed by atoms with Gasteiger partial charge in [0.2, 0.25) is 0 Å². The molecule has 1 saturated heterocycles. The lowest BCUT2D eigenvalue weighted by Crippen LogP contribution is -2.39. The Morgan fingerprint density at radius 3 is 2.50 bits per heavy atom. The molecule has 2 rings (SSSR count). The molecule has 1 aliphatic heterocycles. The minimum absolute atomic E-state index is 0.0530. The van der Waals surface area contributed by atoms with Crippen molar-refractivity contribution >= 4 is 5.69 Å². The largest absolute Gasteiger partial charge is 0.370 e. The molecule has 0 N–H and O–H groups in total. The van der Waals surface area contributed by atoms with Crippen LogP contribution in [0.3, 0.4) is 0 Å². The van der Waals surface area contributed by atoms with Gasteiger partial charge >= 0.3 is 0 Å². The first kappa shape index (κ1) is 11.3. The van der Waals surface area contributed by atoms with Crippen molar-refractivity contribution in [3.63, 3.8) is 0 Å². The highest BCUT2D eigenvalue weighted by molar-refractivity contribution is 5.45. The van der Waals surface area contributed by atoms with Gasteiger partial charge in [-0.05, 0) is 18.6 Å². The summed E-state index contributed by atoms with van der Waals surface area (Å²) in [5.41, 5.74) is 1.98. The minimum Gasteiger partial charge on any atom is -0.370 e. The number of hydrogen-bond donors (Lipinski definition) is 0. The van der Waals surface area contributed by atoms with Gasteiger partial charge in [-0.15, -0.1) is 0 Å². The fourth-order valence-electron chi connectivity index (χ4n) is 1.90. The van der Waals surface area contributed by atoms with Crippen LogP contribution in [0.2, 0.25) is 0 Å². The zero-order valence-corrected chi connectivity index (χ0v) is 9.42. The lowest BCUT2D eigenvalue weighted by molar-refractivity contribution is -0.0220. The van der Waals surface area contributed by atoms with E-state index in [2.05, 4.69) is 4.98 Å². The summed E-state index contributed by atoms with van der Waals surface area (Å²) < 4.78 is 25.9. The molecule has 0 unspecified atom stereocenters. The molecule has 1 aliphatic rings. The zero-order chi connectivity index (χ0) is 11.6. The first-order chi connectivity index (χ1) is 7.61. The molecule has 0 amide bonds. The molecule has 1 aromatic rings. The number of pyridine rings is 1. The van der Waals surface area contributed by atoms with Crippen LogP contribution in [0, 0.1) is 0 Å². The summed E-state index contributed by atoms with van der Waals surface area (Å²) >= 11 is 0. The van der Waals surface area contributed by atoms with Crippen molar-refractivity contribution < 1.29 is 8.78 Å². The van der Waals surface area contributed by atoms with E-state index < -0.39 is 5.92 Å². The molecule has 0 radical (unpaired) electrons. The lowest BCUT2D eigenvalue weighted by Gasteiger charge is -2.33. The molecule has 4 heteroatoms. The standard InChI is InChI=1S/C12H16F2N2/c1-2-10-3-4-11(9-15-10)16-7-5-12(13,14)6-8-16/h3-4,9H,2,5-8H2,1H3. The number of alkyl halides is 2. The summed E-state index contributed by atoms with van der Waals surface area (Å²) in [7, 11) is 0. The second-order valence-corrected chi connectivity index (χ2v) is 4.20. The smallest absolute Gasteiger partial charge is 0.251 e. The topological polar surface area (TPSA) is 16.1 Å². The predicted molar refractivity (Wildman–Crippen MR) is 60.0 cm³/mol. The van der Waals surface area contributed by atoms with E-state index >= 15 is 0 Å². The number of nitrogens with zero attached hydrogens (tertiary/aromatic N) is 2. The molecule has 0 aliphatic carbocycles. The van der Waals surface area contributed by atoms with Gasteiger partial charge in [-0.3, -0.25) is 4.98 Å². The third-order valence-electron chi connectivity index (χ3n) is 3.03. The maximum absolute atomic E-state index is 13.0. The van der Waals surface area contributed by atoms with E-state index in [1.54, 1.807) is 6.20 Å². The third-order valence-corrected chi connectivity index (χ3v) is 3.03. The van der Waals surface area contributed by atoms with Crippen molar-refractivity contribution in [3.8, 4) is 0 Å². The number of rotatable bonds is 2. The van der Waals surface area contributed by atoms with Crippen LogP contribution in [0.5, 0.6) is 0 Å². The highest BCUT2D eigenvalue weighted by Gasteiger charge is 2.33. The van der Waals surface area contributed by atoms with E-state index in [9.17, 15) is 8.78 Å². The second kappa shape index (κ2) is 4.36. The van der Waals surface area contributed by atoms with E-state index in [1.807, 2.05) is 24.0 Å². The first-order valence-electron chi connectivity index (χ1n) is 5.68. The maximum Gasteiger partial charge on any atom is 0.251 e. The Morgan fingerprint density at radius 1 is 1.31 bits per heavy atom. The molecule has 2 heterocycles. The van der Waals surface area contributed by atoms with Gasteiger partial charge in [0.15, 0.2) is 0 Å². The Kier molecular flexibility index (Phi) is 3.08. The van der Waals surface area contributed by atoms with E-state index in [1.165, 1.54) is 0 Å². The number of piperidine rings is 1. The highest BCUT2D eigenvalue weighted by Crippen LogP contribution is 2.30. The molecule has 0 bridgehead atoms. The lowest BCUT2D eigenvalue weighted by atomic mass is 10.1. The second-order valence-electron chi connectivity index (χ2n) is 4.20. The maximum atomic E-state index is 13.0. The van der Waals surface area contributed by atoms with Gasteiger partial charge in [-0.1, -0.05) is 6.92 Å². The van der Waals surface area contributed by atoms with Crippen molar-refractivity contribution in [3.05, 3.63) is 24.0 Å². The van der Waals surface area contributed by atoms with Gasteiger partial charge in [0, 0.05) is 31.6 Å². The molecule has 2 nitrogen and oxygen atoms in total. The van der Waals surface area contributed by atoms with Gasteiger partial charge < -0.3 is 4.90 Å². The molecule has 0 atom stereocenters. The first-order valence-corrected chi connectivity index (χ1v) is 5.68. The molecular weight excluding hydrogens is 210 g/mol. The molecule has 0 aromatic carbocycles. The number of halogens is 2. The van der Waals surface area contributed by atoms with Crippen LogP contribution in [0.4, 0.5) is 14.5 Å². The molecular formula is C12H16F2N2. The van der Waals surface area contributed by atoms with Crippen molar-refractivity contribution in [2.45, 2.75) is 32.1 Å². The van der Waals surface area contributed by atoms with Crippen molar-refractivity contribution in [1.29, 1.82) is 0 Å². The number of aromatic nitrogens is 1. The zero-order valence-electron chi connectivity index (χ0n) is 9.42. The van der Waals surface area contributed by atoms with Crippen molar-refractivity contribution in [1.82, 2.24) is 4.98 Å². The normalized spacial score (nSPS) is 19.8. The Morgan fingerprint density at radius 2 is 2.00 bits per heavy atom. The van der Waals surface area contributed by atoms with E-state index in [-0.39, 0.29) is 12.8 Å². The Labute approximate surface area is 94.3 Å². The quantitative estimate of drug-likeness (QED) is 0.770. The average Bonchev–Trinajstić information content (AvgIpc) is 2.29. The summed E-state index contributed by atoms with van der Waals surface area (Å²) in [5, 5.41) is 0. The Balaban J connectivity index is 2.03. The Hall–Kier alpha value is -1.19. The van der Waals surface area contributed by atoms with Crippen molar-refractivity contribution in [2.75, 3.05) is 18.0 Å². The minimum atomic E-state index is -2.48. The average molecular weight is 226 g/mol. The fourth-order valence-corrected chi connectivity index (χ4v) is 1.90. The number of anilines is 1. The fraction of sp³-hybridized carbons (Fsp3) is 0.583. The van der Waals surface area contributed by atoms with Crippen LogP contribution in [0.25, 0.3) is 0 Å². The van der Waals surface area contributed by atoms with Crippen LogP contribution in [-0.2, 0) is 6.42 Å². The van der Waals surface area contributed by atoms with E-state index in [0.717, 1.165) is 17.8 Å². The molecule has 1 aromatic heterocycles. The summed E-state index contributed by atoms with van der Waals surface area (Å²) in [6, 6.07) is 3.93. The SMILES string of the molecule is CCc1ccc(N2CCC(F)(F)CC2)cn1. The summed E-state index contributed by atoms with van der Waals surface area (Å²) in [4.78, 5) is 6.26. The summed E-state index contributed by atoms with van der Waals surface area (Å²) in [6.45, 7) is 2.88. The Bertz CT molecular complexity index is 339. The van der Waals surface area contributed by atoms with E-state index in [0.29, 0.717) is 13.1 Å². The number of hydrogen-bond acceptors (Lipinski definition) is 2. The molecule has 1 fully saturated rings. The van der Waals surface area contributed by atoms with E-state index in [4.69, 9.17) is 0 Å². The van der Waals surface area contributed by atoms with Gasteiger partial charge in [-0.25, -0.2) is 8.78 Å². The predicted octanol–water partition coefficient (Wildman–Crippen LogP) is 2.88. The van der Waals surface area contributed by atoms with Crippen LogP contribution in [0.15, 0.2) is 18.3 Å². The van der Waals surface area contributed by atoms with Crippen molar-refractivity contribution in [2.24, 2.45) is 0 Å². The van der Waals surface area contributed by atoms with Gasteiger partial charge in [0.25, 0.3) is 5.92 Å². The highest BCUT2D eigenvalue weighted by atomic mass is 19.3. The van der Waals surface area contributed by atoms with Crippen LogP contribution in [0.1, 0.15) is 25.5 Å². The summed E-state index contributed by atoms with van der Waals surface area (Å²) in [5.74, 6) is -2.48. The third kappa shape index (κ3) is 2.49. The van der Waals surface area contributed by atoms with Crippen LogP contribution >= 0.6 is 0 Å². The van der Waals surface area contributed by atoms with Crippen LogP contribution in [-0.4, -0.2) is 24.0 Å². The molecule has 0 spiro atoms. The van der Waals surface area contributed by atoms with Gasteiger partial charge in [0.05, 0.1) is 11.9 Å². The van der Waals surface area contributed by atoms with Crippen LogP contribution < -0.4 is 4.90 Å². The van der Waals surface area contributed by atoms with Gasteiger partial charge in [-0.2, -0.15) is 0 Å². The summed E-state index contributed by atoms with van der Waals surface area (Å²) in [6.07, 6.45) is 2.58. The number of aryl methyl sites for hydroxylation is 1. The molecule has 16 heavy (non-hydrogen) atoms. The molecule has 0 saturated carbocycles. The van der Waals surface area contributed by atoms with Gasteiger partial charge in [0.1, 0.15) is 0 Å². The monoisotopic (exact) mass is 226 g/mol.